The van der Waals surface area contributed by atoms with Crippen LogP contribution in [0.3, 0.4) is 0 Å². The molecule has 0 radical (unpaired) electrons. The van der Waals surface area contributed by atoms with Gasteiger partial charge in [-0.25, -0.2) is 25.6 Å². The van der Waals surface area contributed by atoms with E-state index in [-0.39, 0.29) is 22.0 Å². The number of benzene rings is 2. The van der Waals surface area contributed by atoms with Gasteiger partial charge in [-0.15, -0.1) is 0 Å². The van der Waals surface area contributed by atoms with Crippen LogP contribution in [0.2, 0.25) is 0 Å². The summed E-state index contributed by atoms with van der Waals surface area (Å²) in [6.07, 6.45) is 3.24. The number of rotatable bonds is 8. The van der Waals surface area contributed by atoms with Gasteiger partial charge in [-0.1, -0.05) is 6.42 Å². The first-order valence-corrected chi connectivity index (χ1v) is 14.1. The smallest absolute Gasteiger partial charge is 0.247 e. The number of carbonyl (C=O) groups excluding carboxylic acids is 1. The number of hydrogen-bond acceptors (Lipinski definition) is 6. The van der Waals surface area contributed by atoms with E-state index in [4.69, 9.17) is 4.74 Å². The Hall–Kier alpha value is -2.77. The average molecular weight is 532 g/mol. The molecule has 0 saturated carbocycles. The number of anilines is 2. The Labute approximate surface area is 203 Å². The highest BCUT2D eigenvalue weighted by molar-refractivity contribution is 7.92. The minimum absolute atomic E-state index is 0.0944. The molecule has 0 bridgehead atoms. The molecular weight excluding hydrogens is 504 g/mol. The minimum atomic E-state index is -4.08. The van der Waals surface area contributed by atoms with Crippen LogP contribution in [0.4, 0.5) is 20.2 Å². The van der Waals surface area contributed by atoms with Gasteiger partial charge in [-0.3, -0.25) is 9.10 Å². The fraction of sp³-hybridized carbons (Fsp3) is 0.409. The van der Waals surface area contributed by atoms with E-state index in [1.165, 1.54) is 36.5 Å². The van der Waals surface area contributed by atoms with E-state index in [9.17, 15) is 30.4 Å². The minimum Gasteiger partial charge on any atom is -0.495 e. The predicted octanol–water partition coefficient (Wildman–Crippen LogP) is 2.94. The summed E-state index contributed by atoms with van der Waals surface area (Å²) in [7, 11) is -6.65. The average Bonchev–Trinajstić information content (AvgIpc) is 2.81. The van der Waals surface area contributed by atoms with Crippen molar-refractivity contribution < 1.29 is 35.1 Å². The lowest BCUT2D eigenvalue weighted by molar-refractivity contribution is -0.116. The van der Waals surface area contributed by atoms with Gasteiger partial charge < -0.3 is 10.1 Å². The summed E-state index contributed by atoms with van der Waals surface area (Å²) in [6, 6.07) is 5.15. The van der Waals surface area contributed by atoms with Crippen molar-refractivity contribution in [3.05, 3.63) is 48.0 Å². The van der Waals surface area contributed by atoms with Crippen LogP contribution >= 0.6 is 0 Å². The first-order valence-electron chi connectivity index (χ1n) is 10.8. The van der Waals surface area contributed by atoms with E-state index >= 15 is 0 Å². The molecule has 13 heteroatoms. The van der Waals surface area contributed by atoms with Gasteiger partial charge in [-0.2, -0.15) is 4.31 Å². The fourth-order valence-corrected chi connectivity index (χ4v) is 6.74. The molecule has 1 N–H and O–H groups in total. The maximum absolute atomic E-state index is 13.8. The summed E-state index contributed by atoms with van der Waals surface area (Å²) in [6.45, 7) is 2.01. The van der Waals surface area contributed by atoms with Crippen molar-refractivity contribution in [1.82, 2.24) is 4.31 Å². The van der Waals surface area contributed by atoms with Gasteiger partial charge >= 0.3 is 0 Å². The Balaban J connectivity index is 1.92. The predicted molar refractivity (Wildman–Crippen MR) is 127 cm³/mol. The van der Waals surface area contributed by atoms with Gasteiger partial charge in [0.15, 0.2) is 11.6 Å². The molecule has 1 atom stereocenters. The van der Waals surface area contributed by atoms with E-state index in [2.05, 4.69) is 5.32 Å². The lowest BCUT2D eigenvalue weighted by Crippen LogP contribution is -2.45. The Morgan fingerprint density at radius 3 is 2.26 bits per heavy atom. The third-order valence-corrected chi connectivity index (χ3v) is 8.77. The highest BCUT2D eigenvalue weighted by Gasteiger charge is 2.32. The van der Waals surface area contributed by atoms with Gasteiger partial charge in [0.25, 0.3) is 0 Å². The van der Waals surface area contributed by atoms with Crippen LogP contribution in [0, 0.1) is 11.6 Å². The van der Waals surface area contributed by atoms with E-state index in [1.807, 2.05) is 0 Å². The first kappa shape index (κ1) is 26.8. The molecule has 0 aromatic heterocycles. The molecule has 3 rings (SSSR count). The number of sulfonamides is 2. The van der Waals surface area contributed by atoms with Gasteiger partial charge in [0.05, 0.1) is 19.1 Å². The van der Waals surface area contributed by atoms with E-state index in [0.717, 1.165) is 37.7 Å². The second-order valence-electron chi connectivity index (χ2n) is 8.15. The second-order valence-corrected chi connectivity index (χ2v) is 11.9. The van der Waals surface area contributed by atoms with Crippen molar-refractivity contribution >= 4 is 37.3 Å². The number of methoxy groups -OCH3 is 1. The molecule has 9 nitrogen and oxygen atoms in total. The van der Waals surface area contributed by atoms with Gasteiger partial charge in [0, 0.05) is 24.8 Å². The number of ether oxygens (including phenoxy) is 1. The Morgan fingerprint density at radius 1 is 1.03 bits per heavy atom. The van der Waals surface area contributed by atoms with Crippen LogP contribution in [0.5, 0.6) is 5.75 Å². The van der Waals surface area contributed by atoms with Crippen molar-refractivity contribution in [3.63, 3.8) is 0 Å². The van der Waals surface area contributed by atoms with Gasteiger partial charge in [0.1, 0.15) is 16.7 Å². The number of halogens is 2. The summed E-state index contributed by atoms with van der Waals surface area (Å²) in [5.41, 5.74) is -0.144. The standard InChI is InChI=1S/C22H27F2N3O6S2/c1-15(27(34(3,29)30)17-8-9-18(23)19(24)14-17)22(28)25-16-7-10-20(33-2)21(13-16)35(31,32)26-11-5-4-6-12-26/h7-10,13-15H,4-6,11-12H2,1-3H3,(H,25,28). The molecule has 35 heavy (non-hydrogen) atoms. The number of nitrogens with zero attached hydrogens (tertiary/aromatic N) is 2. The molecule has 192 valence electrons. The van der Waals surface area contributed by atoms with Crippen molar-refractivity contribution in [2.75, 3.05) is 36.1 Å². The molecule has 2 aromatic rings. The molecule has 1 amide bonds. The number of nitrogens with one attached hydrogen (secondary N) is 1. The lowest BCUT2D eigenvalue weighted by Gasteiger charge is -2.28. The Kier molecular flexibility index (Phi) is 8.02. The van der Waals surface area contributed by atoms with Crippen molar-refractivity contribution in [2.24, 2.45) is 0 Å². The molecule has 1 unspecified atom stereocenters. The van der Waals surface area contributed by atoms with E-state index < -0.39 is 43.6 Å². The third kappa shape index (κ3) is 5.90. The molecule has 1 fully saturated rings. The summed E-state index contributed by atoms with van der Waals surface area (Å²) >= 11 is 0. The molecule has 1 aliphatic heterocycles. The topological polar surface area (TPSA) is 113 Å². The van der Waals surface area contributed by atoms with Gasteiger partial charge in [0.2, 0.25) is 26.0 Å². The zero-order valence-corrected chi connectivity index (χ0v) is 21.1. The number of hydrogen-bond donors (Lipinski definition) is 1. The Bertz CT molecular complexity index is 1310. The first-order chi connectivity index (χ1) is 16.4. The van der Waals surface area contributed by atoms with Crippen LogP contribution in [-0.2, 0) is 24.8 Å². The second kappa shape index (κ2) is 10.5. The number of amides is 1. The number of carbonyl (C=O) groups is 1. The van der Waals surface area contributed by atoms with Crippen molar-refractivity contribution in [1.29, 1.82) is 0 Å². The summed E-state index contributed by atoms with van der Waals surface area (Å²) < 4.78 is 85.5. The van der Waals surface area contributed by atoms with Crippen molar-refractivity contribution in [3.8, 4) is 5.75 Å². The molecule has 1 saturated heterocycles. The zero-order chi connectivity index (χ0) is 26.0. The molecule has 1 heterocycles. The highest BCUT2D eigenvalue weighted by atomic mass is 32.2. The normalized spacial score (nSPS) is 15.9. The molecule has 1 aliphatic rings. The van der Waals surface area contributed by atoms with Crippen molar-refractivity contribution in [2.45, 2.75) is 37.1 Å². The van der Waals surface area contributed by atoms with Crippen LogP contribution < -0.4 is 14.4 Å². The Morgan fingerprint density at radius 2 is 1.69 bits per heavy atom. The maximum atomic E-state index is 13.8. The molecule has 0 aliphatic carbocycles. The fourth-order valence-electron chi connectivity index (χ4n) is 3.88. The van der Waals surface area contributed by atoms with E-state index in [1.54, 1.807) is 0 Å². The lowest BCUT2D eigenvalue weighted by atomic mass is 10.2. The van der Waals surface area contributed by atoms with E-state index in [0.29, 0.717) is 23.5 Å². The molecule has 2 aromatic carbocycles. The maximum Gasteiger partial charge on any atom is 0.247 e. The summed E-state index contributed by atoms with van der Waals surface area (Å²) in [4.78, 5) is 12.8. The SMILES string of the molecule is COc1ccc(NC(=O)C(C)N(c2ccc(F)c(F)c2)S(C)(=O)=O)cc1S(=O)(=O)N1CCCCC1. The molecular formula is C22H27F2N3O6S2. The van der Waals surface area contributed by atoms with Crippen LogP contribution in [0.1, 0.15) is 26.2 Å². The van der Waals surface area contributed by atoms with Crippen LogP contribution in [-0.4, -0.2) is 59.5 Å². The third-order valence-electron chi connectivity index (χ3n) is 5.61. The number of piperidine rings is 1. The van der Waals surface area contributed by atoms with Crippen LogP contribution in [0.25, 0.3) is 0 Å². The zero-order valence-electron chi connectivity index (χ0n) is 19.5. The summed E-state index contributed by atoms with van der Waals surface area (Å²) in [5, 5.41) is 2.51. The van der Waals surface area contributed by atoms with Gasteiger partial charge in [-0.05, 0) is 50.1 Å². The highest BCUT2D eigenvalue weighted by Crippen LogP contribution is 2.31. The largest absolute Gasteiger partial charge is 0.495 e. The van der Waals surface area contributed by atoms with Crippen LogP contribution in [0.15, 0.2) is 41.3 Å². The molecule has 0 spiro atoms. The summed E-state index contributed by atoms with van der Waals surface area (Å²) in [5.74, 6) is -3.15. The quantitative estimate of drug-likeness (QED) is 0.561. The monoisotopic (exact) mass is 531 g/mol.